The Labute approximate surface area is 102 Å². The van der Waals surface area contributed by atoms with Crippen LogP contribution in [0.15, 0.2) is 24.4 Å². The second kappa shape index (κ2) is 4.36. The number of aryl methyl sites for hydroxylation is 1. The summed E-state index contributed by atoms with van der Waals surface area (Å²) in [6.45, 7) is 0. The minimum absolute atomic E-state index is 0.251. The first kappa shape index (κ1) is 11.9. The van der Waals surface area contributed by atoms with E-state index >= 15 is 0 Å². The van der Waals surface area contributed by atoms with Gasteiger partial charge in [0.05, 0.1) is 5.56 Å². The Balaban J connectivity index is 2.41. The molecule has 7 heteroatoms. The van der Waals surface area contributed by atoms with E-state index in [0.717, 1.165) is 0 Å². The third-order valence-corrected chi connectivity index (χ3v) is 2.50. The maximum Gasteiger partial charge on any atom is 0.330 e. The number of hydrogen-bond donors (Lipinski definition) is 3. The molecular weight excluding hydrogens is 239 g/mol. The van der Waals surface area contributed by atoms with Crippen molar-refractivity contribution in [3.63, 3.8) is 0 Å². The first-order valence-electron chi connectivity index (χ1n) is 5.09. The second-order valence-electron chi connectivity index (χ2n) is 3.76. The molecule has 0 fully saturated rings. The number of carbonyl (C=O) groups is 2. The Bertz CT molecular complexity index is 635. The number of amides is 3. The number of fused-ring (bicyclic) bond motifs is 1. The molecule has 3 amide bonds. The highest BCUT2D eigenvalue weighted by Crippen LogP contribution is 2.21. The van der Waals surface area contributed by atoms with E-state index < -0.39 is 17.8 Å². The van der Waals surface area contributed by atoms with E-state index in [2.05, 4.69) is 5.43 Å². The van der Waals surface area contributed by atoms with Gasteiger partial charge in [0.15, 0.2) is 0 Å². The minimum Gasteiger partial charge on any atom is -0.350 e. The van der Waals surface area contributed by atoms with Crippen molar-refractivity contribution in [2.24, 2.45) is 12.8 Å². The molecule has 94 valence electrons. The van der Waals surface area contributed by atoms with Gasteiger partial charge in [0.1, 0.15) is 5.82 Å². The van der Waals surface area contributed by atoms with Crippen LogP contribution in [0.1, 0.15) is 10.4 Å². The van der Waals surface area contributed by atoms with Crippen molar-refractivity contribution in [2.75, 3.05) is 0 Å². The molecule has 2 rings (SSSR count). The standard InChI is InChI=1S/C11H11FN4O2/c1-16-5-8(10(17)14-15-11(13)18)7-4-6(12)2-3-9(7)16/h2-5H,1H3,(H,14,17)(H3,13,15,18). The second-order valence-corrected chi connectivity index (χ2v) is 3.76. The van der Waals surface area contributed by atoms with E-state index in [1.807, 2.05) is 5.43 Å². The van der Waals surface area contributed by atoms with Gasteiger partial charge in [0.2, 0.25) is 0 Å². The van der Waals surface area contributed by atoms with Gasteiger partial charge in [-0.1, -0.05) is 0 Å². The van der Waals surface area contributed by atoms with Gasteiger partial charge in [0.25, 0.3) is 5.91 Å². The predicted octanol–water partition coefficient (Wildman–Crippen LogP) is 0.631. The van der Waals surface area contributed by atoms with Gasteiger partial charge in [-0.05, 0) is 18.2 Å². The van der Waals surface area contributed by atoms with Crippen LogP contribution < -0.4 is 16.6 Å². The topological polar surface area (TPSA) is 89.2 Å². The molecule has 0 saturated carbocycles. The zero-order valence-corrected chi connectivity index (χ0v) is 9.53. The maximum atomic E-state index is 13.2. The highest BCUT2D eigenvalue weighted by molar-refractivity contribution is 6.07. The summed E-state index contributed by atoms with van der Waals surface area (Å²) in [6, 6.07) is 3.26. The molecule has 0 aliphatic carbocycles. The molecule has 0 unspecified atom stereocenters. The molecule has 1 aromatic carbocycles. The van der Waals surface area contributed by atoms with Crippen molar-refractivity contribution in [3.8, 4) is 0 Å². The number of carbonyl (C=O) groups excluding carboxylic acids is 2. The maximum absolute atomic E-state index is 13.2. The summed E-state index contributed by atoms with van der Waals surface area (Å²) in [5, 5.41) is 0.460. The van der Waals surface area contributed by atoms with Crippen LogP contribution in [-0.4, -0.2) is 16.5 Å². The van der Waals surface area contributed by atoms with Gasteiger partial charge in [-0.15, -0.1) is 0 Å². The van der Waals surface area contributed by atoms with E-state index in [0.29, 0.717) is 10.9 Å². The highest BCUT2D eigenvalue weighted by atomic mass is 19.1. The van der Waals surface area contributed by atoms with E-state index in [1.165, 1.54) is 12.1 Å². The summed E-state index contributed by atoms with van der Waals surface area (Å²) in [6.07, 6.45) is 1.54. The largest absolute Gasteiger partial charge is 0.350 e. The molecule has 0 aliphatic heterocycles. The summed E-state index contributed by atoms with van der Waals surface area (Å²) in [7, 11) is 1.73. The first-order valence-corrected chi connectivity index (χ1v) is 5.09. The van der Waals surface area contributed by atoms with Gasteiger partial charge in [-0.25, -0.2) is 14.6 Å². The third kappa shape index (κ3) is 2.10. The fraction of sp³-hybridized carbons (Fsp3) is 0.0909. The lowest BCUT2D eigenvalue weighted by atomic mass is 10.1. The van der Waals surface area contributed by atoms with Gasteiger partial charge >= 0.3 is 6.03 Å². The number of rotatable bonds is 1. The van der Waals surface area contributed by atoms with Gasteiger partial charge in [-0.2, -0.15) is 0 Å². The van der Waals surface area contributed by atoms with Crippen LogP contribution in [0.25, 0.3) is 10.9 Å². The number of urea groups is 1. The van der Waals surface area contributed by atoms with Crippen molar-refractivity contribution in [3.05, 3.63) is 35.8 Å². The molecule has 18 heavy (non-hydrogen) atoms. The fourth-order valence-corrected chi connectivity index (χ4v) is 1.73. The van der Waals surface area contributed by atoms with Crippen LogP contribution in [0.2, 0.25) is 0 Å². The lowest BCUT2D eigenvalue weighted by Gasteiger charge is -2.03. The molecule has 4 N–H and O–H groups in total. The summed E-state index contributed by atoms with van der Waals surface area (Å²) in [4.78, 5) is 22.3. The number of hydrogen-bond acceptors (Lipinski definition) is 2. The van der Waals surface area contributed by atoms with Crippen molar-refractivity contribution < 1.29 is 14.0 Å². The number of nitrogens with two attached hydrogens (primary N) is 1. The zero-order chi connectivity index (χ0) is 13.3. The molecule has 0 saturated heterocycles. The van der Waals surface area contributed by atoms with E-state index in [9.17, 15) is 14.0 Å². The molecule has 0 bridgehead atoms. The van der Waals surface area contributed by atoms with Crippen LogP contribution >= 0.6 is 0 Å². The average molecular weight is 250 g/mol. The lowest BCUT2D eigenvalue weighted by Crippen LogP contribution is -2.44. The molecule has 1 aromatic heterocycles. The summed E-state index contributed by atoms with van der Waals surface area (Å²) >= 11 is 0. The van der Waals surface area contributed by atoms with E-state index in [-0.39, 0.29) is 5.56 Å². The minimum atomic E-state index is -0.880. The Morgan fingerprint density at radius 2 is 2.06 bits per heavy atom. The number of benzene rings is 1. The first-order chi connectivity index (χ1) is 8.49. The normalized spacial score (nSPS) is 10.3. The van der Waals surface area contributed by atoms with Gasteiger partial charge in [0, 0.05) is 24.1 Å². The Hall–Kier alpha value is -2.57. The quantitative estimate of drug-likeness (QED) is 0.648. The van der Waals surface area contributed by atoms with Crippen molar-refractivity contribution in [2.45, 2.75) is 0 Å². The molecule has 0 aliphatic rings. The highest BCUT2D eigenvalue weighted by Gasteiger charge is 2.14. The number of halogens is 1. The SMILES string of the molecule is Cn1cc(C(=O)NNC(N)=O)c2cc(F)ccc21. The summed E-state index contributed by atoms with van der Waals surface area (Å²) < 4.78 is 14.9. The van der Waals surface area contributed by atoms with Crippen molar-refractivity contribution in [1.29, 1.82) is 0 Å². The van der Waals surface area contributed by atoms with Gasteiger partial charge < -0.3 is 10.3 Å². The van der Waals surface area contributed by atoms with Crippen LogP contribution in [-0.2, 0) is 7.05 Å². The number of nitrogens with zero attached hydrogens (tertiary/aromatic N) is 1. The monoisotopic (exact) mass is 250 g/mol. The van der Waals surface area contributed by atoms with Crippen LogP contribution in [0, 0.1) is 5.82 Å². The number of aromatic nitrogens is 1. The molecule has 6 nitrogen and oxygen atoms in total. The average Bonchev–Trinajstić information content (AvgIpc) is 2.63. The van der Waals surface area contributed by atoms with Crippen LogP contribution in [0.5, 0.6) is 0 Å². The Kier molecular flexibility index (Phi) is 2.88. The summed E-state index contributed by atoms with van der Waals surface area (Å²) in [5.41, 5.74) is 9.88. The lowest BCUT2D eigenvalue weighted by molar-refractivity contribution is 0.0939. The number of primary amides is 1. The molecule has 1 heterocycles. The van der Waals surface area contributed by atoms with Crippen LogP contribution in [0.4, 0.5) is 9.18 Å². The van der Waals surface area contributed by atoms with Crippen molar-refractivity contribution in [1.82, 2.24) is 15.4 Å². The van der Waals surface area contributed by atoms with Crippen LogP contribution in [0.3, 0.4) is 0 Å². The number of nitrogens with one attached hydrogen (secondary N) is 2. The molecule has 0 radical (unpaired) electrons. The molecule has 0 spiro atoms. The zero-order valence-electron chi connectivity index (χ0n) is 9.53. The predicted molar refractivity (Wildman–Crippen MR) is 63.1 cm³/mol. The van der Waals surface area contributed by atoms with E-state index in [1.54, 1.807) is 23.9 Å². The molecule has 0 atom stereocenters. The van der Waals surface area contributed by atoms with E-state index in [4.69, 9.17) is 5.73 Å². The van der Waals surface area contributed by atoms with Crippen molar-refractivity contribution >= 4 is 22.8 Å². The molecular formula is C11H11FN4O2. The third-order valence-electron chi connectivity index (χ3n) is 2.50. The molecule has 2 aromatic rings. The van der Waals surface area contributed by atoms with Gasteiger partial charge in [-0.3, -0.25) is 10.2 Å². The summed E-state index contributed by atoms with van der Waals surface area (Å²) in [5.74, 6) is -1.00. The Morgan fingerprint density at radius 3 is 2.72 bits per heavy atom. The number of hydrazine groups is 1. The Morgan fingerprint density at radius 1 is 1.33 bits per heavy atom. The fourth-order valence-electron chi connectivity index (χ4n) is 1.73. The smallest absolute Gasteiger partial charge is 0.330 e.